The maximum absolute atomic E-state index is 11.8. The number of hydrogen-bond acceptors (Lipinski definition) is 5. The predicted molar refractivity (Wildman–Crippen MR) is 103 cm³/mol. The monoisotopic (exact) mass is 369 g/mol. The van der Waals surface area contributed by atoms with E-state index in [4.69, 9.17) is 4.74 Å². The molecule has 0 radical (unpaired) electrons. The number of esters is 2. The Labute approximate surface area is 159 Å². The highest BCUT2D eigenvalue weighted by molar-refractivity contribution is 5.88. The van der Waals surface area contributed by atoms with Gasteiger partial charge in [0.25, 0.3) is 0 Å². The lowest BCUT2D eigenvalue weighted by Crippen LogP contribution is -2.35. The van der Waals surface area contributed by atoms with Crippen molar-refractivity contribution < 1.29 is 19.5 Å². The lowest BCUT2D eigenvalue weighted by Gasteiger charge is -2.15. The van der Waals surface area contributed by atoms with Gasteiger partial charge in [0.15, 0.2) is 0 Å². The molecule has 1 rings (SSSR count). The molecule has 1 saturated heterocycles. The molecule has 0 aromatic heterocycles. The molecule has 152 valence electrons. The van der Waals surface area contributed by atoms with Crippen LogP contribution in [0.5, 0.6) is 0 Å². The van der Waals surface area contributed by atoms with Crippen molar-refractivity contribution in [1.82, 2.24) is 5.06 Å². The van der Waals surface area contributed by atoms with Crippen LogP contribution in [0.3, 0.4) is 0 Å². The molecule has 0 amide bonds. The summed E-state index contributed by atoms with van der Waals surface area (Å²) >= 11 is 0. The Morgan fingerprint density at radius 2 is 1.38 bits per heavy atom. The van der Waals surface area contributed by atoms with Gasteiger partial charge < -0.3 is 9.94 Å². The van der Waals surface area contributed by atoms with Crippen LogP contribution in [0.4, 0.5) is 0 Å². The third-order valence-electron chi connectivity index (χ3n) is 5.20. The average molecular weight is 370 g/mol. The molecule has 0 aliphatic carbocycles. The molecule has 5 heteroatoms. The second kappa shape index (κ2) is 15.2. The second-order valence-electron chi connectivity index (χ2n) is 7.61. The van der Waals surface area contributed by atoms with E-state index in [0.717, 1.165) is 30.7 Å². The van der Waals surface area contributed by atoms with Gasteiger partial charge in [-0.1, -0.05) is 84.0 Å². The van der Waals surface area contributed by atoms with Crippen LogP contribution in [0.2, 0.25) is 0 Å². The minimum absolute atomic E-state index is 0.293. The molecule has 1 aliphatic heterocycles. The van der Waals surface area contributed by atoms with Gasteiger partial charge in [0, 0.05) is 13.0 Å². The van der Waals surface area contributed by atoms with Crippen LogP contribution >= 0.6 is 0 Å². The highest BCUT2D eigenvalue weighted by atomic mass is 16.6. The number of rotatable bonds is 15. The summed E-state index contributed by atoms with van der Waals surface area (Å²) in [5.74, 6) is -1.07. The van der Waals surface area contributed by atoms with Gasteiger partial charge in [0.2, 0.25) is 0 Å². The molecule has 0 aromatic rings. The summed E-state index contributed by atoms with van der Waals surface area (Å²) in [6, 6.07) is -0.661. The zero-order chi connectivity index (χ0) is 19.0. The Morgan fingerprint density at radius 1 is 0.885 bits per heavy atom. The van der Waals surface area contributed by atoms with Crippen LogP contribution < -0.4 is 0 Å². The van der Waals surface area contributed by atoms with Crippen LogP contribution in [-0.4, -0.2) is 34.8 Å². The van der Waals surface area contributed by atoms with Crippen LogP contribution in [0.15, 0.2) is 0 Å². The Morgan fingerprint density at radius 3 is 1.85 bits per heavy atom. The molecule has 0 aromatic carbocycles. The molecule has 1 heterocycles. The van der Waals surface area contributed by atoms with Crippen LogP contribution in [0.1, 0.15) is 110 Å². The van der Waals surface area contributed by atoms with Crippen molar-refractivity contribution >= 4 is 11.9 Å². The molecule has 1 atom stereocenters. The van der Waals surface area contributed by atoms with Gasteiger partial charge in [-0.05, 0) is 19.3 Å². The summed E-state index contributed by atoms with van der Waals surface area (Å²) in [5.41, 5.74) is 0. The molecule has 1 aliphatic rings. The largest absolute Gasteiger partial charge is 0.392 e. The molecule has 5 nitrogen and oxygen atoms in total. The number of carbonyl (C=O) groups is 2. The second-order valence-corrected chi connectivity index (χ2v) is 7.61. The number of hydroxylamine groups is 2. The number of unbranched alkanes of at least 4 members (excludes halogenated alkanes) is 12. The normalized spacial score (nSPS) is 17.5. The first-order valence-electron chi connectivity index (χ1n) is 10.8. The SMILES string of the molecule is CCCCCCCCCCCCCCCC(=O)OC(=O)C1CCCN1O. The van der Waals surface area contributed by atoms with Crippen molar-refractivity contribution in [2.24, 2.45) is 0 Å². The summed E-state index contributed by atoms with van der Waals surface area (Å²) in [6.07, 6.45) is 17.9. The maximum Gasteiger partial charge on any atom is 0.333 e. The van der Waals surface area contributed by atoms with Gasteiger partial charge in [-0.2, -0.15) is 5.06 Å². The fourth-order valence-electron chi connectivity index (χ4n) is 3.51. The van der Waals surface area contributed by atoms with Gasteiger partial charge in [-0.3, -0.25) is 4.79 Å². The molecule has 0 saturated carbocycles. The number of carbonyl (C=O) groups excluding carboxylic acids is 2. The third-order valence-corrected chi connectivity index (χ3v) is 5.20. The highest BCUT2D eigenvalue weighted by Gasteiger charge is 2.32. The molecular weight excluding hydrogens is 330 g/mol. The Hall–Kier alpha value is -0.940. The summed E-state index contributed by atoms with van der Waals surface area (Å²) in [6.45, 7) is 2.72. The van der Waals surface area contributed by atoms with Gasteiger partial charge >= 0.3 is 11.9 Å². The van der Waals surface area contributed by atoms with Gasteiger partial charge in [0.05, 0.1) is 0 Å². The van der Waals surface area contributed by atoms with E-state index in [0.29, 0.717) is 19.4 Å². The summed E-state index contributed by atoms with van der Waals surface area (Å²) in [5, 5.41) is 10.5. The molecule has 1 fully saturated rings. The lowest BCUT2D eigenvalue weighted by atomic mass is 10.0. The van der Waals surface area contributed by atoms with E-state index in [9.17, 15) is 14.8 Å². The van der Waals surface area contributed by atoms with E-state index in [-0.39, 0.29) is 0 Å². The summed E-state index contributed by atoms with van der Waals surface area (Å²) < 4.78 is 4.83. The van der Waals surface area contributed by atoms with E-state index in [2.05, 4.69) is 6.92 Å². The molecule has 0 spiro atoms. The molecule has 26 heavy (non-hydrogen) atoms. The molecule has 1 N–H and O–H groups in total. The van der Waals surface area contributed by atoms with E-state index < -0.39 is 18.0 Å². The Kier molecular flexibility index (Phi) is 13.5. The van der Waals surface area contributed by atoms with Gasteiger partial charge in [-0.15, -0.1) is 0 Å². The number of ether oxygens (including phenoxy) is 1. The minimum atomic E-state index is -0.661. The van der Waals surface area contributed by atoms with Crippen LogP contribution in [0, 0.1) is 0 Å². The first kappa shape index (κ1) is 23.1. The van der Waals surface area contributed by atoms with E-state index in [1.807, 2.05) is 0 Å². The van der Waals surface area contributed by atoms with E-state index >= 15 is 0 Å². The van der Waals surface area contributed by atoms with Crippen molar-refractivity contribution in [3.8, 4) is 0 Å². The highest BCUT2D eigenvalue weighted by Crippen LogP contribution is 2.16. The van der Waals surface area contributed by atoms with E-state index in [1.165, 1.54) is 64.2 Å². The Bertz CT molecular complexity index is 386. The van der Waals surface area contributed by atoms with Crippen molar-refractivity contribution in [2.45, 2.75) is 116 Å². The summed E-state index contributed by atoms with van der Waals surface area (Å²) in [4.78, 5) is 23.4. The van der Waals surface area contributed by atoms with Crippen LogP contribution in [-0.2, 0) is 14.3 Å². The fraction of sp³-hybridized carbons (Fsp3) is 0.905. The van der Waals surface area contributed by atoms with Gasteiger partial charge in [0.1, 0.15) is 6.04 Å². The zero-order valence-corrected chi connectivity index (χ0v) is 16.7. The lowest BCUT2D eigenvalue weighted by molar-refractivity contribution is -0.174. The standard InChI is InChI=1S/C21H39NO4/c1-2-3-4-5-6-7-8-9-10-11-12-13-14-17-20(23)26-21(24)19-16-15-18-22(19)25/h19,25H,2-18H2,1H3. The first-order chi connectivity index (χ1) is 12.6. The quantitative estimate of drug-likeness (QED) is 0.238. The molecular formula is C21H39NO4. The Balaban J connectivity index is 1.85. The van der Waals surface area contributed by atoms with Crippen LogP contribution in [0.25, 0.3) is 0 Å². The van der Waals surface area contributed by atoms with E-state index in [1.54, 1.807) is 0 Å². The fourth-order valence-corrected chi connectivity index (χ4v) is 3.51. The predicted octanol–water partition coefficient (Wildman–Crippen LogP) is 5.39. The smallest absolute Gasteiger partial charge is 0.333 e. The minimum Gasteiger partial charge on any atom is -0.392 e. The number of nitrogens with zero attached hydrogens (tertiary/aromatic N) is 1. The molecule has 0 bridgehead atoms. The van der Waals surface area contributed by atoms with Gasteiger partial charge in [-0.25, -0.2) is 4.79 Å². The molecule has 1 unspecified atom stereocenters. The maximum atomic E-state index is 11.8. The topological polar surface area (TPSA) is 66.8 Å². The third kappa shape index (κ3) is 10.9. The van der Waals surface area contributed by atoms with Crippen molar-refractivity contribution in [3.05, 3.63) is 0 Å². The van der Waals surface area contributed by atoms with Crippen molar-refractivity contribution in [2.75, 3.05) is 6.54 Å². The number of hydrogen-bond donors (Lipinski definition) is 1. The van der Waals surface area contributed by atoms with Crippen molar-refractivity contribution in [1.29, 1.82) is 0 Å². The summed E-state index contributed by atoms with van der Waals surface area (Å²) in [7, 11) is 0. The zero-order valence-electron chi connectivity index (χ0n) is 16.7. The first-order valence-corrected chi connectivity index (χ1v) is 10.8. The van der Waals surface area contributed by atoms with Crippen molar-refractivity contribution in [3.63, 3.8) is 0 Å². The average Bonchev–Trinajstić information content (AvgIpc) is 3.05.